The minimum atomic E-state index is -0.377. The van der Waals surface area contributed by atoms with Gasteiger partial charge in [0.1, 0.15) is 4.88 Å². The van der Waals surface area contributed by atoms with Crippen LogP contribution in [-0.2, 0) is 0 Å². The molecule has 0 saturated heterocycles. The van der Waals surface area contributed by atoms with Gasteiger partial charge in [-0.25, -0.2) is 4.98 Å². The van der Waals surface area contributed by atoms with Gasteiger partial charge in [0.15, 0.2) is 5.13 Å². The molecule has 0 aliphatic carbocycles. The van der Waals surface area contributed by atoms with Crippen molar-refractivity contribution in [1.82, 2.24) is 15.1 Å². The number of hydrogen-bond acceptors (Lipinski definition) is 6. The first kappa shape index (κ1) is 18.6. The molecule has 0 bridgehead atoms. The Bertz CT molecular complexity index is 1160. The van der Waals surface area contributed by atoms with Crippen molar-refractivity contribution in [3.05, 3.63) is 69.8 Å². The molecular weight excluding hydrogens is 419 g/mol. The van der Waals surface area contributed by atoms with Crippen LogP contribution in [0.4, 0.5) is 5.13 Å². The van der Waals surface area contributed by atoms with Crippen LogP contribution < -0.4 is 5.32 Å². The molecule has 2 heterocycles. The van der Waals surface area contributed by atoms with Crippen molar-refractivity contribution in [2.24, 2.45) is 0 Å². The summed E-state index contributed by atoms with van der Waals surface area (Å²) in [5, 5.41) is 7.89. The third-order valence-electron chi connectivity index (χ3n) is 3.85. The molecule has 0 aliphatic rings. The summed E-state index contributed by atoms with van der Waals surface area (Å²) in [6, 6.07) is 14.2. The molecule has 0 aliphatic heterocycles. The number of rotatable bonds is 4. The third kappa shape index (κ3) is 3.77. The Morgan fingerprint density at radius 1 is 1.11 bits per heavy atom. The second-order valence-corrected chi connectivity index (χ2v) is 7.64. The average Bonchev–Trinajstić information content (AvgIpc) is 3.29. The Morgan fingerprint density at radius 2 is 1.89 bits per heavy atom. The summed E-state index contributed by atoms with van der Waals surface area (Å²) >= 11 is 13.2. The highest BCUT2D eigenvalue weighted by Crippen LogP contribution is 2.33. The number of carbonyl (C=O) groups excluding carboxylic acids is 1. The van der Waals surface area contributed by atoms with E-state index in [1.54, 1.807) is 12.1 Å². The fourth-order valence-electron chi connectivity index (χ4n) is 2.51. The lowest BCUT2D eigenvalue weighted by Gasteiger charge is -2.04. The van der Waals surface area contributed by atoms with E-state index in [1.807, 2.05) is 37.3 Å². The van der Waals surface area contributed by atoms with Crippen molar-refractivity contribution in [3.8, 4) is 22.2 Å². The summed E-state index contributed by atoms with van der Waals surface area (Å²) in [6.45, 7) is 1.81. The third-order valence-corrected chi connectivity index (χ3v) is 5.45. The number of aryl methyl sites for hydroxylation is 1. The molecule has 2 aromatic carbocycles. The van der Waals surface area contributed by atoms with E-state index < -0.39 is 0 Å². The molecule has 4 aromatic rings. The van der Waals surface area contributed by atoms with E-state index in [0.29, 0.717) is 38.0 Å². The lowest BCUT2D eigenvalue weighted by atomic mass is 10.2. The number of amides is 1. The lowest BCUT2D eigenvalue weighted by molar-refractivity contribution is 0.102. The monoisotopic (exact) mass is 430 g/mol. The van der Waals surface area contributed by atoms with Gasteiger partial charge in [0.25, 0.3) is 11.8 Å². The van der Waals surface area contributed by atoms with Crippen molar-refractivity contribution in [1.29, 1.82) is 0 Å². The fourth-order valence-corrected chi connectivity index (χ4v) is 3.88. The van der Waals surface area contributed by atoms with Crippen molar-refractivity contribution in [2.45, 2.75) is 6.92 Å². The number of benzene rings is 2. The second kappa shape index (κ2) is 7.71. The van der Waals surface area contributed by atoms with Gasteiger partial charge in [-0.3, -0.25) is 10.1 Å². The summed E-state index contributed by atoms with van der Waals surface area (Å²) in [5.41, 5.74) is 1.83. The van der Waals surface area contributed by atoms with Crippen LogP contribution in [0.2, 0.25) is 10.0 Å². The molecule has 0 unspecified atom stereocenters. The Kier molecular flexibility index (Phi) is 5.13. The van der Waals surface area contributed by atoms with Crippen molar-refractivity contribution in [3.63, 3.8) is 0 Å². The van der Waals surface area contributed by atoms with Gasteiger partial charge in [-0.15, -0.1) is 0 Å². The molecule has 0 saturated carbocycles. The van der Waals surface area contributed by atoms with Crippen LogP contribution in [0.25, 0.3) is 22.2 Å². The van der Waals surface area contributed by atoms with E-state index in [9.17, 15) is 4.79 Å². The summed E-state index contributed by atoms with van der Waals surface area (Å²) in [6.07, 6.45) is 0. The van der Waals surface area contributed by atoms with E-state index >= 15 is 0 Å². The zero-order valence-electron chi connectivity index (χ0n) is 14.4. The highest BCUT2D eigenvalue weighted by molar-refractivity contribution is 7.19. The Morgan fingerprint density at radius 3 is 2.64 bits per heavy atom. The van der Waals surface area contributed by atoms with Gasteiger partial charge in [0.2, 0.25) is 5.82 Å². The van der Waals surface area contributed by atoms with Gasteiger partial charge in [-0.2, -0.15) is 4.98 Å². The number of anilines is 1. The average molecular weight is 431 g/mol. The van der Waals surface area contributed by atoms with Gasteiger partial charge in [-0.05, 0) is 25.1 Å². The van der Waals surface area contributed by atoms with E-state index in [4.69, 9.17) is 27.7 Å². The van der Waals surface area contributed by atoms with Crippen LogP contribution in [0.15, 0.2) is 53.1 Å². The van der Waals surface area contributed by atoms with Gasteiger partial charge in [-0.1, -0.05) is 70.0 Å². The quantitative estimate of drug-likeness (QED) is 0.447. The molecule has 4 rings (SSSR count). The molecule has 0 atom stereocenters. The Hall–Kier alpha value is -2.74. The molecular formula is C19H12Cl2N4O2S. The largest absolute Gasteiger partial charge is 0.333 e. The highest BCUT2D eigenvalue weighted by Gasteiger charge is 2.19. The molecule has 6 nitrogen and oxygen atoms in total. The molecule has 0 spiro atoms. The number of aromatic nitrogens is 3. The van der Waals surface area contributed by atoms with Crippen LogP contribution in [-0.4, -0.2) is 21.0 Å². The van der Waals surface area contributed by atoms with Crippen molar-refractivity contribution >= 4 is 45.6 Å². The molecule has 2 aromatic heterocycles. The highest BCUT2D eigenvalue weighted by atomic mass is 35.5. The number of hydrogen-bond donors (Lipinski definition) is 1. The van der Waals surface area contributed by atoms with Gasteiger partial charge < -0.3 is 4.52 Å². The van der Waals surface area contributed by atoms with Gasteiger partial charge in [0.05, 0.1) is 16.3 Å². The van der Waals surface area contributed by atoms with Crippen molar-refractivity contribution < 1.29 is 9.32 Å². The molecule has 140 valence electrons. The predicted molar refractivity (Wildman–Crippen MR) is 110 cm³/mol. The standard InChI is InChI=1S/C19H12Cl2N4O2S/c1-10-15(18-23-16(25-27-18)11-5-3-2-4-6-11)28-19(22-10)24-17(26)13-8-7-12(20)9-14(13)21/h2-9H,1H3,(H,22,24,26). The molecule has 0 radical (unpaired) electrons. The second-order valence-electron chi connectivity index (χ2n) is 5.80. The Labute approximate surface area is 174 Å². The van der Waals surface area contributed by atoms with Crippen LogP contribution in [0.5, 0.6) is 0 Å². The van der Waals surface area contributed by atoms with Crippen LogP contribution in [0, 0.1) is 6.92 Å². The smallest absolute Gasteiger partial charge is 0.270 e. The first-order chi connectivity index (χ1) is 13.5. The summed E-state index contributed by atoms with van der Waals surface area (Å²) in [5.74, 6) is 0.457. The normalized spacial score (nSPS) is 10.8. The first-order valence-corrected chi connectivity index (χ1v) is 9.72. The van der Waals surface area contributed by atoms with Gasteiger partial charge in [0, 0.05) is 10.6 Å². The molecule has 28 heavy (non-hydrogen) atoms. The topological polar surface area (TPSA) is 80.9 Å². The predicted octanol–water partition coefficient (Wildman–Crippen LogP) is 5.73. The number of nitrogens with zero attached hydrogens (tertiary/aromatic N) is 3. The zero-order valence-corrected chi connectivity index (χ0v) is 16.8. The van der Waals surface area contributed by atoms with Crippen LogP contribution in [0.3, 0.4) is 0 Å². The fraction of sp³-hybridized carbons (Fsp3) is 0.0526. The number of thiazole rings is 1. The lowest BCUT2D eigenvalue weighted by Crippen LogP contribution is -2.12. The Balaban J connectivity index is 1.57. The molecule has 1 N–H and O–H groups in total. The van der Waals surface area contributed by atoms with Crippen molar-refractivity contribution in [2.75, 3.05) is 5.32 Å². The first-order valence-electron chi connectivity index (χ1n) is 8.14. The maximum Gasteiger partial charge on any atom is 0.270 e. The maximum absolute atomic E-state index is 12.5. The van der Waals surface area contributed by atoms with E-state index in [0.717, 1.165) is 5.56 Å². The molecule has 1 amide bonds. The number of halogens is 2. The zero-order chi connectivity index (χ0) is 19.7. The number of carbonyl (C=O) groups is 1. The summed E-state index contributed by atoms with van der Waals surface area (Å²) < 4.78 is 5.38. The summed E-state index contributed by atoms with van der Waals surface area (Å²) in [7, 11) is 0. The minimum Gasteiger partial charge on any atom is -0.333 e. The van der Waals surface area contributed by atoms with E-state index in [1.165, 1.54) is 17.4 Å². The van der Waals surface area contributed by atoms with Crippen LogP contribution >= 0.6 is 34.5 Å². The summed E-state index contributed by atoms with van der Waals surface area (Å²) in [4.78, 5) is 22.0. The SMILES string of the molecule is Cc1nc(NC(=O)c2ccc(Cl)cc2Cl)sc1-c1nc(-c2ccccc2)no1. The van der Waals surface area contributed by atoms with Gasteiger partial charge >= 0.3 is 0 Å². The maximum atomic E-state index is 12.5. The molecule has 9 heteroatoms. The molecule has 0 fully saturated rings. The minimum absolute atomic E-state index is 0.267. The van der Waals surface area contributed by atoms with Crippen LogP contribution in [0.1, 0.15) is 16.1 Å². The number of nitrogens with one attached hydrogen (secondary N) is 1. The van der Waals surface area contributed by atoms with E-state index in [-0.39, 0.29) is 10.9 Å². The van der Waals surface area contributed by atoms with E-state index in [2.05, 4.69) is 20.4 Å².